The molecule has 0 radical (unpaired) electrons. The number of rotatable bonds is 6. The highest BCUT2D eigenvalue weighted by Gasteiger charge is 2.10. The van der Waals surface area contributed by atoms with Crippen molar-refractivity contribution >= 4 is 11.6 Å². The Balaban J connectivity index is 2.10. The van der Waals surface area contributed by atoms with Gasteiger partial charge in [-0.1, -0.05) is 0 Å². The van der Waals surface area contributed by atoms with Gasteiger partial charge in [0.05, 0.1) is 5.69 Å². The van der Waals surface area contributed by atoms with Crippen LogP contribution in [0.4, 0.5) is 11.6 Å². The van der Waals surface area contributed by atoms with Crippen molar-refractivity contribution in [2.45, 2.75) is 33.9 Å². The van der Waals surface area contributed by atoms with E-state index in [0.717, 1.165) is 11.4 Å². The van der Waals surface area contributed by atoms with E-state index < -0.39 is 0 Å². The molecule has 0 aliphatic rings. The lowest BCUT2D eigenvalue weighted by Gasteiger charge is -2.09. The topological polar surface area (TPSA) is 90.9 Å². The SMILES string of the molecule is CCOCc1nc(N)cc(NCc2c(C)nn(C)c2C)n1. The van der Waals surface area contributed by atoms with E-state index >= 15 is 0 Å². The van der Waals surface area contributed by atoms with Crippen LogP contribution in [0.3, 0.4) is 0 Å². The lowest BCUT2D eigenvalue weighted by molar-refractivity contribution is 0.128. The fraction of sp³-hybridized carbons (Fsp3) is 0.500. The molecule has 2 aromatic rings. The van der Waals surface area contributed by atoms with Crippen LogP contribution in [0.1, 0.15) is 29.7 Å². The number of nitrogens with two attached hydrogens (primary N) is 1. The van der Waals surface area contributed by atoms with E-state index in [4.69, 9.17) is 10.5 Å². The number of aromatic nitrogens is 4. The lowest BCUT2D eigenvalue weighted by atomic mass is 10.2. The third-order valence-electron chi connectivity index (χ3n) is 3.33. The van der Waals surface area contributed by atoms with E-state index in [1.807, 2.05) is 32.5 Å². The molecule has 2 heterocycles. The molecule has 0 bridgehead atoms. The standard InChI is InChI=1S/C14H22N6O/c1-5-21-8-14-17-12(15)6-13(18-14)16-7-11-9(2)19-20(4)10(11)3/h6H,5,7-8H2,1-4H3,(H3,15,16,17,18). The average molecular weight is 290 g/mol. The van der Waals surface area contributed by atoms with Gasteiger partial charge in [0.1, 0.15) is 18.2 Å². The fourth-order valence-corrected chi connectivity index (χ4v) is 2.12. The number of anilines is 2. The van der Waals surface area contributed by atoms with Crippen molar-refractivity contribution in [3.8, 4) is 0 Å². The smallest absolute Gasteiger partial charge is 0.158 e. The number of ether oxygens (including phenoxy) is 1. The van der Waals surface area contributed by atoms with Crippen LogP contribution in [0.15, 0.2) is 6.07 Å². The van der Waals surface area contributed by atoms with Gasteiger partial charge in [0, 0.05) is 37.5 Å². The summed E-state index contributed by atoms with van der Waals surface area (Å²) in [5.74, 6) is 1.71. The largest absolute Gasteiger partial charge is 0.384 e. The molecule has 0 saturated carbocycles. The first kappa shape index (κ1) is 15.2. The molecule has 0 aromatic carbocycles. The van der Waals surface area contributed by atoms with Gasteiger partial charge in [-0.25, -0.2) is 9.97 Å². The second-order valence-corrected chi connectivity index (χ2v) is 4.86. The van der Waals surface area contributed by atoms with Crippen LogP contribution in [0, 0.1) is 13.8 Å². The molecule has 2 rings (SSSR count). The molecule has 0 atom stereocenters. The summed E-state index contributed by atoms with van der Waals surface area (Å²) in [4.78, 5) is 8.55. The molecule has 0 unspecified atom stereocenters. The average Bonchev–Trinajstić information content (AvgIpc) is 2.67. The Kier molecular flexibility index (Phi) is 4.74. The Labute approximate surface area is 124 Å². The Hall–Kier alpha value is -2.15. The number of nitrogens with one attached hydrogen (secondary N) is 1. The summed E-state index contributed by atoms with van der Waals surface area (Å²) in [5.41, 5.74) is 9.12. The normalized spacial score (nSPS) is 10.9. The highest BCUT2D eigenvalue weighted by Crippen LogP contribution is 2.15. The van der Waals surface area contributed by atoms with Crippen LogP contribution >= 0.6 is 0 Å². The zero-order valence-electron chi connectivity index (χ0n) is 13.0. The zero-order valence-corrected chi connectivity index (χ0v) is 13.0. The molecule has 7 heteroatoms. The first-order valence-electron chi connectivity index (χ1n) is 6.95. The van der Waals surface area contributed by atoms with Gasteiger partial charge in [-0.3, -0.25) is 4.68 Å². The second-order valence-electron chi connectivity index (χ2n) is 4.86. The van der Waals surface area contributed by atoms with Crippen LogP contribution < -0.4 is 11.1 Å². The molecule has 0 aliphatic heterocycles. The molecule has 0 fully saturated rings. The first-order valence-corrected chi connectivity index (χ1v) is 6.95. The van der Waals surface area contributed by atoms with Crippen molar-refractivity contribution in [3.05, 3.63) is 28.8 Å². The van der Waals surface area contributed by atoms with Crippen LogP contribution in [0.25, 0.3) is 0 Å². The summed E-state index contributed by atoms with van der Waals surface area (Å²) in [6.45, 7) is 7.61. The van der Waals surface area contributed by atoms with Crippen molar-refractivity contribution in [1.29, 1.82) is 0 Å². The number of nitrogen functional groups attached to an aromatic ring is 1. The molecule has 0 spiro atoms. The van der Waals surface area contributed by atoms with E-state index in [1.165, 1.54) is 5.56 Å². The zero-order chi connectivity index (χ0) is 15.4. The first-order chi connectivity index (χ1) is 10.0. The summed E-state index contributed by atoms with van der Waals surface area (Å²) in [6.07, 6.45) is 0. The minimum Gasteiger partial charge on any atom is -0.384 e. The summed E-state index contributed by atoms with van der Waals surface area (Å²) in [5, 5.41) is 7.67. The van der Waals surface area contributed by atoms with Gasteiger partial charge in [-0.15, -0.1) is 0 Å². The Bertz CT molecular complexity index is 622. The van der Waals surface area contributed by atoms with Crippen molar-refractivity contribution in [2.24, 2.45) is 7.05 Å². The van der Waals surface area contributed by atoms with Crippen LogP contribution in [0.2, 0.25) is 0 Å². The monoisotopic (exact) mass is 290 g/mol. The minimum atomic E-state index is 0.362. The molecule has 0 saturated heterocycles. The quantitative estimate of drug-likeness (QED) is 0.839. The van der Waals surface area contributed by atoms with Gasteiger partial charge in [0.15, 0.2) is 5.82 Å². The van der Waals surface area contributed by atoms with Gasteiger partial charge < -0.3 is 15.8 Å². The Morgan fingerprint density at radius 2 is 2.10 bits per heavy atom. The minimum absolute atomic E-state index is 0.362. The van der Waals surface area contributed by atoms with E-state index in [0.29, 0.717) is 37.2 Å². The van der Waals surface area contributed by atoms with Gasteiger partial charge >= 0.3 is 0 Å². The molecule has 114 valence electrons. The van der Waals surface area contributed by atoms with Crippen molar-refractivity contribution in [3.63, 3.8) is 0 Å². The van der Waals surface area contributed by atoms with E-state index in [9.17, 15) is 0 Å². The third kappa shape index (κ3) is 3.69. The third-order valence-corrected chi connectivity index (χ3v) is 3.33. The molecule has 7 nitrogen and oxygen atoms in total. The van der Waals surface area contributed by atoms with Crippen molar-refractivity contribution in [1.82, 2.24) is 19.7 Å². The summed E-state index contributed by atoms with van der Waals surface area (Å²) in [7, 11) is 1.94. The number of nitrogens with zero attached hydrogens (tertiary/aromatic N) is 4. The maximum atomic E-state index is 5.80. The van der Waals surface area contributed by atoms with Crippen LogP contribution in [-0.2, 0) is 24.9 Å². The van der Waals surface area contributed by atoms with Crippen LogP contribution in [0.5, 0.6) is 0 Å². The van der Waals surface area contributed by atoms with Gasteiger partial charge in [0.25, 0.3) is 0 Å². The Morgan fingerprint density at radius 3 is 2.71 bits per heavy atom. The maximum absolute atomic E-state index is 5.80. The molecular formula is C14H22N6O. The molecule has 0 amide bonds. The lowest BCUT2D eigenvalue weighted by Crippen LogP contribution is -2.08. The van der Waals surface area contributed by atoms with E-state index in [-0.39, 0.29) is 0 Å². The molecule has 3 N–H and O–H groups in total. The van der Waals surface area contributed by atoms with Crippen LogP contribution in [-0.4, -0.2) is 26.4 Å². The number of hydrogen-bond donors (Lipinski definition) is 2. The van der Waals surface area contributed by atoms with Gasteiger partial charge in [-0.2, -0.15) is 5.10 Å². The van der Waals surface area contributed by atoms with E-state index in [1.54, 1.807) is 6.07 Å². The van der Waals surface area contributed by atoms with Gasteiger partial charge in [-0.05, 0) is 20.8 Å². The molecule has 21 heavy (non-hydrogen) atoms. The van der Waals surface area contributed by atoms with Crippen molar-refractivity contribution < 1.29 is 4.74 Å². The summed E-state index contributed by atoms with van der Waals surface area (Å²) < 4.78 is 7.19. The highest BCUT2D eigenvalue weighted by atomic mass is 16.5. The maximum Gasteiger partial charge on any atom is 0.158 e. The van der Waals surface area contributed by atoms with Crippen molar-refractivity contribution in [2.75, 3.05) is 17.7 Å². The van der Waals surface area contributed by atoms with E-state index in [2.05, 4.69) is 20.4 Å². The second kappa shape index (κ2) is 6.53. The summed E-state index contributed by atoms with van der Waals surface area (Å²) >= 11 is 0. The highest BCUT2D eigenvalue weighted by molar-refractivity contribution is 5.45. The predicted molar refractivity (Wildman–Crippen MR) is 81.8 cm³/mol. The number of aryl methyl sites for hydroxylation is 2. The Morgan fingerprint density at radius 1 is 1.33 bits per heavy atom. The molecule has 0 aliphatic carbocycles. The molecular weight excluding hydrogens is 268 g/mol. The number of hydrogen-bond acceptors (Lipinski definition) is 6. The van der Waals surface area contributed by atoms with Gasteiger partial charge in [0.2, 0.25) is 0 Å². The predicted octanol–water partition coefficient (Wildman–Crippen LogP) is 1.56. The molecule has 2 aromatic heterocycles. The summed E-state index contributed by atoms with van der Waals surface area (Å²) in [6, 6.07) is 1.72. The fourth-order valence-electron chi connectivity index (χ4n) is 2.12.